The average Bonchev–Trinajstić information content (AvgIpc) is 2.75. The van der Waals surface area contributed by atoms with Crippen LogP contribution in [0, 0.1) is 0 Å². The van der Waals surface area contributed by atoms with Crippen LogP contribution in [0.15, 0.2) is 12.5 Å². The van der Waals surface area contributed by atoms with Crippen LogP contribution >= 0.6 is 0 Å². The molecular weight excluding hydrogens is 270 g/mol. The lowest BCUT2D eigenvalue weighted by Gasteiger charge is -2.30. The average molecular weight is 297 g/mol. The zero-order valence-electron chi connectivity index (χ0n) is 14.1. The molecular formula is C15H27N3O3. The summed E-state index contributed by atoms with van der Waals surface area (Å²) in [6.45, 7) is 12.1. The van der Waals surface area contributed by atoms with E-state index < -0.39 is 11.7 Å². The van der Waals surface area contributed by atoms with E-state index in [0.29, 0.717) is 6.61 Å². The van der Waals surface area contributed by atoms with Gasteiger partial charge < -0.3 is 19.4 Å². The lowest BCUT2D eigenvalue weighted by Crippen LogP contribution is -2.37. The minimum atomic E-state index is -0.515. The Morgan fingerprint density at radius 3 is 2.52 bits per heavy atom. The fourth-order valence-corrected chi connectivity index (χ4v) is 2.11. The number of alkyl carbamates (subject to hydrolysis) is 1. The van der Waals surface area contributed by atoms with Gasteiger partial charge in [0, 0.05) is 7.11 Å². The summed E-state index contributed by atoms with van der Waals surface area (Å²) in [5.74, 6) is 0. The van der Waals surface area contributed by atoms with E-state index in [0.717, 1.165) is 5.69 Å². The summed E-state index contributed by atoms with van der Waals surface area (Å²) in [6, 6.07) is -0.210. The number of ether oxygens (including phenoxy) is 2. The van der Waals surface area contributed by atoms with E-state index in [2.05, 4.69) is 24.1 Å². The molecule has 1 aromatic rings. The molecule has 1 heterocycles. The molecule has 21 heavy (non-hydrogen) atoms. The van der Waals surface area contributed by atoms with Crippen LogP contribution in [0.2, 0.25) is 0 Å². The number of hydrogen-bond donors (Lipinski definition) is 1. The molecule has 1 aromatic heterocycles. The number of rotatable bonds is 5. The second-order valence-corrected chi connectivity index (χ2v) is 6.80. The van der Waals surface area contributed by atoms with E-state index in [1.807, 2.05) is 32.3 Å². The molecule has 0 fully saturated rings. The van der Waals surface area contributed by atoms with Gasteiger partial charge in [0.1, 0.15) is 5.60 Å². The zero-order chi connectivity index (χ0) is 16.3. The molecule has 0 aliphatic carbocycles. The molecule has 120 valence electrons. The van der Waals surface area contributed by atoms with Gasteiger partial charge in [-0.05, 0) is 41.5 Å². The van der Waals surface area contributed by atoms with Crippen LogP contribution in [0.25, 0.3) is 0 Å². The van der Waals surface area contributed by atoms with Gasteiger partial charge in [-0.25, -0.2) is 9.78 Å². The molecule has 1 N–H and O–H groups in total. The van der Waals surface area contributed by atoms with Crippen molar-refractivity contribution in [3.8, 4) is 0 Å². The fraction of sp³-hybridized carbons (Fsp3) is 0.733. The predicted molar refractivity (Wildman–Crippen MR) is 81.2 cm³/mol. The zero-order valence-corrected chi connectivity index (χ0v) is 14.1. The molecule has 0 radical (unpaired) electrons. The summed E-state index contributed by atoms with van der Waals surface area (Å²) in [5.41, 5.74) is 0.145. The van der Waals surface area contributed by atoms with Crippen molar-refractivity contribution in [2.75, 3.05) is 13.7 Å². The molecule has 1 rings (SSSR count). The Morgan fingerprint density at radius 1 is 1.38 bits per heavy atom. The maximum atomic E-state index is 11.9. The lowest BCUT2D eigenvalue weighted by atomic mass is 10.1. The number of carbonyl (C=O) groups is 1. The van der Waals surface area contributed by atoms with E-state index in [4.69, 9.17) is 9.47 Å². The number of hydrogen-bond acceptors (Lipinski definition) is 4. The summed E-state index contributed by atoms with van der Waals surface area (Å²) in [6.07, 6.45) is 3.06. The van der Waals surface area contributed by atoms with Crippen molar-refractivity contribution in [3.63, 3.8) is 0 Å². The van der Waals surface area contributed by atoms with Crippen LogP contribution in [-0.4, -0.2) is 35.0 Å². The monoisotopic (exact) mass is 297 g/mol. The van der Waals surface area contributed by atoms with Crippen molar-refractivity contribution in [1.82, 2.24) is 14.9 Å². The summed E-state index contributed by atoms with van der Waals surface area (Å²) < 4.78 is 12.5. The van der Waals surface area contributed by atoms with Crippen LogP contribution in [0.4, 0.5) is 4.79 Å². The van der Waals surface area contributed by atoms with E-state index in [1.54, 1.807) is 19.6 Å². The highest BCUT2D eigenvalue weighted by Gasteiger charge is 2.26. The van der Waals surface area contributed by atoms with Gasteiger partial charge in [0.05, 0.1) is 36.4 Å². The topological polar surface area (TPSA) is 65.4 Å². The molecule has 0 aromatic carbocycles. The van der Waals surface area contributed by atoms with E-state index >= 15 is 0 Å². The maximum absolute atomic E-state index is 11.9. The van der Waals surface area contributed by atoms with Gasteiger partial charge in [-0.2, -0.15) is 0 Å². The standard InChI is InChI=1S/C15H27N3O3/c1-11(17-13(19)21-14(2,3)4)12-8-16-10-18(12)15(5,6)9-20-7/h8,10-11H,9H2,1-7H3,(H,17,19). The van der Waals surface area contributed by atoms with Crippen molar-refractivity contribution < 1.29 is 14.3 Å². The van der Waals surface area contributed by atoms with E-state index in [-0.39, 0.29) is 11.6 Å². The highest BCUT2D eigenvalue weighted by atomic mass is 16.6. The number of nitrogens with zero attached hydrogens (tertiary/aromatic N) is 2. The Kier molecular flexibility index (Phi) is 5.39. The normalized spacial score (nSPS) is 13.9. The van der Waals surface area contributed by atoms with Crippen molar-refractivity contribution in [2.24, 2.45) is 0 Å². The van der Waals surface area contributed by atoms with Gasteiger partial charge in [-0.3, -0.25) is 0 Å². The van der Waals surface area contributed by atoms with E-state index in [1.165, 1.54) is 0 Å². The van der Waals surface area contributed by atoms with Crippen molar-refractivity contribution in [1.29, 1.82) is 0 Å². The van der Waals surface area contributed by atoms with Crippen LogP contribution in [-0.2, 0) is 15.0 Å². The Morgan fingerprint density at radius 2 is 2.00 bits per heavy atom. The van der Waals surface area contributed by atoms with Crippen molar-refractivity contribution in [3.05, 3.63) is 18.2 Å². The molecule has 1 amide bonds. The van der Waals surface area contributed by atoms with Crippen LogP contribution in [0.5, 0.6) is 0 Å². The smallest absolute Gasteiger partial charge is 0.408 e. The molecule has 0 aliphatic heterocycles. The van der Waals surface area contributed by atoms with Gasteiger partial charge in [0.15, 0.2) is 0 Å². The maximum Gasteiger partial charge on any atom is 0.408 e. The summed E-state index contributed by atoms with van der Waals surface area (Å²) >= 11 is 0. The minimum absolute atomic E-state index is 0.210. The molecule has 0 saturated heterocycles. The first kappa shape index (κ1) is 17.5. The Labute approximate surface area is 126 Å². The molecule has 0 bridgehead atoms. The Hall–Kier alpha value is -1.56. The first-order valence-corrected chi connectivity index (χ1v) is 7.08. The lowest BCUT2D eigenvalue weighted by molar-refractivity contribution is 0.0502. The van der Waals surface area contributed by atoms with Gasteiger partial charge in [0.2, 0.25) is 0 Å². The second-order valence-electron chi connectivity index (χ2n) is 6.80. The third-order valence-corrected chi connectivity index (χ3v) is 2.99. The third-order valence-electron chi connectivity index (χ3n) is 2.99. The van der Waals surface area contributed by atoms with Crippen LogP contribution < -0.4 is 5.32 Å². The first-order valence-electron chi connectivity index (χ1n) is 7.08. The highest BCUT2D eigenvalue weighted by Crippen LogP contribution is 2.22. The molecule has 6 heteroatoms. The van der Waals surface area contributed by atoms with Gasteiger partial charge in [-0.1, -0.05) is 0 Å². The Balaban J connectivity index is 2.83. The highest BCUT2D eigenvalue weighted by molar-refractivity contribution is 5.68. The summed E-state index contributed by atoms with van der Waals surface area (Å²) in [5, 5.41) is 2.83. The predicted octanol–water partition coefficient (Wildman–Crippen LogP) is 2.85. The van der Waals surface area contributed by atoms with Gasteiger partial charge in [0.25, 0.3) is 0 Å². The SMILES string of the molecule is COCC(C)(C)n1cncc1C(C)NC(=O)OC(C)(C)C. The van der Waals surface area contributed by atoms with Gasteiger partial charge in [-0.15, -0.1) is 0 Å². The molecule has 1 atom stereocenters. The number of imidazole rings is 1. The number of methoxy groups -OCH3 is 1. The van der Waals surface area contributed by atoms with Gasteiger partial charge >= 0.3 is 6.09 Å². The largest absolute Gasteiger partial charge is 0.444 e. The number of nitrogens with one attached hydrogen (secondary N) is 1. The number of amides is 1. The Bertz CT molecular complexity index is 475. The van der Waals surface area contributed by atoms with E-state index in [9.17, 15) is 4.79 Å². The second kappa shape index (κ2) is 6.47. The van der Waals surface area contributed by atoms with Crippen molar-refractivity contribution in [2.45, 2.75) is 58.7 Å². The number of aromatic nitrogens is 2. The third kappa shape index (κ3) is 5.04. The number of carbonyl (C=O) groups excluding carboxylic acids is 1. The molecule has 0 spiro atoms. The molecule has 6 nitrogen and oxygen atoms in total. The van der Waals surface area contributed by atoms with Crippen LogP contribution in [0.3, 0.4) is 0 Å². The first-order chi connectivity index (χ1) is 9.57. The van der Waals surface area contributed by atoms with Crippen molar-refractivity contribution >= 4 is 6.09 Å². The molecule has 1 unspecified atom stereocenters. The van der Waals surface area contributed by atoms with Crippen LogP contribution in [0.1, 0.15) is 53.3 Å². The summed E-state index contributed by atoms with van der Waals surface area (Å²) in [7, 11) is 1.67. The molecule has 0 aliphatic rings. The molecule has 0 saturated carbocycles. The fourth-order valence-electron chi connectivity index (χ4n) is 2.11. The summed E-state index contributed by atoms with van der Waals surface area (Å²) in [4.78, 5) is 16.1. The quantitative estimate of drug-likeness (QED) is 0.907. The minimum Gasteiger partial charge on any atom is -0.444 e.